The number of rotatable bonds is 3. The zero-order chi connectivity index (χ0) is 11.8. The highest BCUT2D eigenvalue weighted by atomic mass is 16.1. The van der Waals surface area contributed by atoms with Crippen LogP contribution in [0.4, 0.5) is 0 Å². The molecule has 2 saturated carbocycles. The first-order valence-electron chi connectivity index (χ1n) is 6.75. The number of fused-ring (bicyclic) bond motifs is 2. The third kappa shape index (κ3) is 2.04. The normalized spacial score (nSPS) is 47.7. The van der Waals surface area contributed by atoms with Gasteiger partial charge in [-0.15, -0.1) is 0 Å². The van der Waals surface area contributed by atoms with E-state index in [2.05, 4.69) is 26.2 Å². The van der Waals surface area contributed by atoms with Crippen molar-refractivity contribution in [3.8, 4) is 0 Å². The molecule has 2 rings (SSSR count). The zero-order valence-corrected chi connectivity index (χ0v) is 10.8. The quantitative estimate of drug-likeness (QED) is 0.745. The molecule has 2 heteroatoms. The Morgan fingerprint density at radius 1 is 1.38 bits per heavy atom. The molecule has 2 aliphatic carbocycles. The highest BCUT2D eigenvalue weighted by Crippen LogP contribution is 2.49. The van der Waals surface area contributed by atoms with Gasteiger partial charge in [-0.1, -0.05) is 20.3 Å². The third-order valence-electron chi connectivity index (χ3n) is 4.91. The topological polar surface area (TPSA) is 29.1 Å². The van der Waals surface area contributed by atoms with Crippen LogP contribution < -0.4 is 5.32 Å². The van der Waals surface area contributed by atoms with Crippen molar-refractivity contribution in [3.05, 3.63) is 0 Å². The first kappa shape index (κ1) is 12.1. The lowest BCUT2D eigenvalue weighted by Crippen LogP contribution is -2.50. The van der Waals surface area contributed by atoms with E-state index in [-0.39, 0.29) is 5.41 Å². The van der Waals surface area contributed by atoms with Gasteiger partial charge in [0.25, 0.3) is 0 Å². The second-order valence-corrected chi connectivity index (χ2v) is 6.26. The molecular weight excluding hydrogens is 198 g/mol. The van der Waals surface area contributed by atoms with Crippen LogP contribution in [0.5, 0.6) is 0 Å². The lowest BCUT2D eigenvalue weighted by atomic mass is 9.57. The minimum absolute atomic E-state index is 0.0403. The molecule has 0 aromatic carbocycles. The molecule has 0 radical (unpaired) electrons. The molecular formula is C14H25NO. The zero-order valence-electron chi connectivity index (χ0n) is 10.8. The van der Waals surface area contributed by atoms with E-state index in [9.17, 15) is 4.79 Å². The Bertz CT molecular complexity index is 265. The lowest BCUT2D eigenvalue weighted by Gasteiger charge is -2.50. The smallest absolute Gasteiger partial charge is 0.125 e. The van der Waals surface area contributed by atoms with E-state index in [4.69, 9.17) is 0 Å². The molecule has 2 nitrogen and oxygen atoms in total. The summed E-state index contributed by atoms with van der Waals surface area (Å²) in [6.45, 7) is 4.45. The van der Waals surface area contributed by atoms with Crippen molar-refractivity contribution in [3.63, 3.8) is 0 Å². The van der Waals surface area contributed by atoms with Gasteiger partial charge in [-0.2, -0.15) is 0 Å². The van der Waals surface area contributed by atoms with Crippen LogP contribution in [-0.2, 0) is 4.79 Å². The molecule has 0 aliphatic heterocycles. The molecule has 5 unspecified atom stereocenters. The largest absolute Gasteiger partial charge is 0.316 e. The fraction of sp³-hybridized carbons (Fsp3) is 0.929. The first-order valence-corrected chi connectivity index (χ1v) is 6.75. The van der Waals surface area contributed by atoms with Gasteiger partial charge in [-0.3, -0.25) is 0 Å². The Balaban J connectivity index is 2.15. The van der Waals surface area contributed by atoms with Crippen LogP contribution in [0.3, 0.4) is 0 Å². The van der Waals surface area contributed by atoms with Crippen molar-refractivity contribution in [2.45, 2.75) is 52.0 Å². The number of nitrogens with one attached hydrogen (secondary N) is 1. The summed E-state index contributed by atoms with van der Waals surface area (Å²) >= 11 is 0. The number of hydrogen-bond donors (Lipinski definition) is 1. The molecule has 0 saturated heterocycles. The molecule has 92 valence electrons. The molecule has 0 spiro atoms. The van der Waals surface area contributed by atoms with Gasteiger partial charge in [0.05, 0.1) is 0 Å². The second-order valence-electron chi connectivity index (χ2n) is 6.26. The van der Waals surface area contributed by atoms with Crippen LogP contribution >= 0.6 is 0 Å². The van der Waals surface area contributed by atoms with Gasteiger partial charge in [-0.25, -0.2) is 0 Å². The van der Waals surface area contributed by atoms with E-state index >= 15 is 0 Å². The molecule has 1 N–H and O–H groups in total. The van der Waals surface area contributed by atoms with Crippen molar-refractivity contribution < 1.29 is 4.79 Å². The highest BCUT2D eigenvalue weighted by Gasteiger charge is 2.45. The summed E-state index contributed by atoms with van der Waals surface area (Å²) in [7, 11) is 2.08. The van der Waals surface area contributed by atoms with Gasteiger partial charge in [-0.05, 0) is 50.5 Å². The van der Waals surface area contributed by atoms with E-state index in [1.54, 1.807) is 0 Å². The Morgan fingerprint density at radius 2 is 2.12 bits per heavy atom. The van der Waals surface area contributed by atoms with Crippen LogP contribution in [-0.4, -0.2) is 19.4 Å². The number of aldehydes is 1. The molecule has 2 fully saturated rings. The molecule has 2 bridgehead atoms. The second kappa shape index (κ2) is 4.48. The first-order chi connectivity index (χ1) is 7.61. The third-order valence-corrected chi connectivity index (χ3v) is 4.91. The predicted molar refractivity (Wildman–Crippen MR) is 66.2 cm³/mol. The lowest BCUT2D eigenvalue weighted by molar-refractivity contribution is -0.120. The maximum Gasteiger partial charge on any atom is 0.125 e. The van der Waals surface area contributed by atoms with E-state index < -0.39 is 0 Å². The SMILES string of the molecule is CCC1CC2CC(CC(C)(C=O)C2)C1NC. The summed E-state index contributed by atoms with van der Waals surface area (Å²) in [5, 5.41) is 3.51. The Hall–Kier alpha value is -0.370. The fourth-order valence-corrected chi connectivity index (χ4v) is 4.34. The number of carbonyl (C=O) groups is 1. The summed E-state index contributed by atoms with van der Waals surface area (Å²) in [5.41, 5.74) is -0.0403. The van der Waals surface area contributed by atoms with Crippen LogP contribution in [0.2, 0.25) is 0 Å². The molecule has 0 aromatic heterocycles. The van der Waals surface area contributed by atoms with Crippen molar-refractivity contribution >= 4 is 6.29 Å². The maximum atomic E-state index is 11.2. The number of hydrogen-bond acceptors (Lipinski definition) is 2. The Kier molecular flexibility index (Phi) is 3.39. The van der Waals surface area contributed by atoms with Crippen LogP contribution in [0.15, 0.2) is 0 Å². The fourth-order valence-electron chi connectivity index (χ4n) is 4.34. The standard InChI is InChI=1S/C14H25NO/c1-4-11-5-10-6-12(13(11)15-3)8-14(2,7-10)9-16/h9-13,15H,4-8H2,1-3H3. The van der Waals surface area contributed by atoms with E-state index in [1.165, 1.54) is 25.5 Å². The molecule has 2 aliphatic rings. The molecule has 0 heterocycles. The van der Waals surface area contributed by atoms with E-state index in [0.29, 0.717) is 6.04 Å². The molecule has 0 aromatic rings. The van der Waals surface area contributed by atoms with Gasteiger partial charge < -0.3 is 10.1 Å². The molecule has 5 atom stereocenters. The average Bonchev–Trinajstić information content (AvgIpc) is 2.27. The van der Waals surface area contributed by atoms with Gasteiger partial charge >= 0.3 is 0 Å². The highest BCUT2D eigenvalue weighted by molar-refractivity contribution is 5.59. The Labute approximate surface area is 99.2 Å². The van der Waals surface area contributed by atoms with Crippen LogP contribution in [0, 0.1) is 23.2 Å². The van der Waals surface area contributed by atoms with Gasteiger partial charge in [0, 0.05) is 11.5 Å². The Morgan fingerprint density at radius 3 is 2.69 bits per heavy atom. The van der Waals surface area contributed by atoms with Crippen LogP contribution in [0.1, 0.15) is 46.0 Å². The predicted octanol–water partition coefficient (Wildman–Crippen LogP) is 2.63. The van der Waals surface area contributed by atoms with Crippen molar-refractivity contribution in [1.82, 2.24) is 5.32 Å². The van der Waals surface area contributed by atoms with Crippen molar-refractivity contribution in [2.75, 3.05) is 7.05 Å². The van der Waals surface area contributed by atoms with Gasteiger partial charge in [0.1, 0.15) is 6.29 Å². The monoisotopic (exact) mass is 223 g/mol. The van der Waals surface area contributed by atoms with E-state index in [1.807, 2.05) is 0 Å². The summed E-state index contributed by atoms with van der Waals surface area (Å²) in [6, 6.07) is 0.640. The van der Waals surface area contributed by atoms with E-state index in [0.717, 1.165) is 30.6 Å². The maximum absolute atomic E-state index is 11.2. The molecule has 16 heavy (non-hydrogen) atoms. The van der Waals surface area contributed by atoms with Crippen molar-refractivity contribution in [1.29, 1.82) is 0 Å². The summed E-state index contributed by atoms with van der Waals surface area (Å²) in [5.74, 6) is 2.34. The van der Waals surface area contributed by atoms with Crippen LogP contribution in [0.25, 0.3) is 0 Å². The summed E-state index contributed by atoms with van der Waals surface area (Å²) < 4.78 is 0. The van der Waals surface area contributed by atoms with Gasteiger partial charge in [0.2, 0.25) is 0 Å². The minimum atomic E-state index is -0.0403. The minimum Gasteiger partial charge on any atom is -0.316 e. The van der Waals surface area contributed by atoms with Crippen molar-refractivity contribution in [2.24, 2.45) is 23.2 Å². The molecule has 0 amide bonds. The summed E-state index contributed by atoms with van der Waals surface area (Å²) in [4.78, 5) is 11.2. The number of carbonyl (C=O) groups excluding carboxylic acids is 1. The van der Waals surface area contributed by atoms with Gasteiger partial charge in [0.15, 0.2) is 0 Å². The average molecular weight is 223 g/mol. The summed E-state index contributed by atoms with van der Waals surface area (Å²) in [6.07, 6.45) is 7.36.